The summed E-state index contributed by atoms with van der Waals surface area (Å²) in [7, 11) is 0. The number of nitrogens with zero attached hydrogens (tertiary/aromatic N) is 1. The summed E-state index contributed by atoms with van der Waals surface area (Å²) in [5.74, 6) is 1.31. The molecular weight excluding hydrogens is 450 g/mol. The second kappa shape index (κ2) is 14.8. The quantitative estimate of drug-likeness (QED) is 0.211. The first kappa shape index (κ1) is 28.7. The number of carbonyl (C=O) groups excluding carboxylic acids is 1. The van der Waals surface area contributed by atoms with Gasteiger partial charge in [-0.3, -0.25) is 4.79 Å². The van der Waals surface area contributed by atoms with Gasteiger partial charge in [-0.05, 0) is 37.7 Å². The van der Waals surface area contributed by atoms with Crippen molar-refractivity contribution in [3.05, 3.63) is 41.5 Å². The van der Waals surface area contributed by atoms with Crippen LogP contribution in [0.4, 0.5) is 0 Å². The van der Waals surface area contributed by atoms with E-state index < -0.39 is 12.2 Å². The average molecular weight is 500 g/mol. The Labute approximate surface area is 218 Å². The standard InChI is InChI=1S/C31H49NO4/c1-4-7-10-15-24(33)18-19-25-27(34)22-28-30(25)26-16-11-13-23(31(26)36-28)14-12-17-29(35)32(20-8-5-2)21-9-6-3/h11,13,16,18-19,24-25,27-28,30,33-34H,4-10,12,14-15,17,20-22H2,1-3H3/t24-,25-,27+,28-,30-/m0/s1. The number of unbranched alkanes of at least 4 members (excludes halogenated alkanes) is 4. The molecule has 0 aromatic heterocycles. The van der Waals surface area contributed by atoms with Gasteiger partial charge < -0.3 is 19.8 Å². The Balaban J connectivity index is 1.61. The van der Waals surface area contributed by atoms with Crippen LogP contribution in [0.25, 0.3) is 0 Å². The first-order valence-corrected chi connectivity index (χ1v) is 14.6. The second-order valence-electron chi connectivity index (χ2n) is 10.8. The van der Waals surface area contributed by atoms with E-state index in [1.54, 1.807) is 0 Å². The van der Waals surface area contributed by atoms with Crippen molar-refractivity contribution < 1.29 is 19.7 Å². The summed E-state index contributed by atoms with van der Waals surface area (Å²) in [6, 6.07) is 6.33. The molecule has 1 amide bonds. The zero-order chi connectivity index (χ0) is 25.9. The number of fused-ring (bicyclic) bond motifs is 3. The van der Waals surface area contributed by atoms with Crippen LogP contribution in [0.5, 0.6) is 5.75 Å². The van der Waals surface area contributed by atoms with Crippen LogP contribution in [0, 0.1) is 5.92 Å². The van der Waals surface area contributed by atoms with E-state index in [1.807, 2.05) is 12.2 Å². The molecule has 0 bridgehead atoms. The van der Waals surface area contributed by atoms with E-state index in [9.17, 15) is 15.0 Å². The van der Waals surface area contributed by atoms with Crippen molar-refractivity contribution in [2.75, 3.05) is 13.1 Å². The van der Waals surface area contributed by atoms with Crippen LogP contribution in [0.3, 0.4) is 0 Å². The third-order valence-electron chi connectivity index (χ3n) is 7.90. The lowest BCUT2D eigenvalue weighted by molar-refractivity contribution is -0.131. The fourth-order valence-electron chi connectivity index (χ4n) is 5.77. The number of aliphatic hydroxyl groups is 2. The number of carbonyl (C=O) groups is 1. The lowest BCUT2D eigenvalue weighted by Crippen LogP contribution is -2.32. The molecule has 202 valence electrons. The number of amides is 1. The summed E-state index contributed by atoms with van der Waals surface area (Å²) in [5.41, 5.74) is 2.34. The highest BCUT2D eigenvalue weighted by atomic mass is 16.5. The molecule has 1 aliphatic carbocycles. The first-order valence-electron chi connectivity index (χ1n) is 14.6. The maximum absolute atomic E-state index is 12.9. The van der Waals surface area contributed by atoms with Crippen molar-refractivity contribution in [1.29, 1.82) is 0 Å². The van der Waals surface area contributed by atoms with Crippen molar-refractivity contribution in [1.82, 2.24) is 4.90 Å². The van der Waals surface area contributed by atoms with E-state index in [0.717, 1.165) is 83.0 Å². The van der Waals surface area contributed by atoms with Crippen molar-refractivity contribution in [2.24, 2.45) is 5.92 Å². The molecule has 36 heavy (non-hydrogen) atoms. The lowest BCUT2D eigenvalue weighted by atomic mass is 9.86. The van der Waals surface area contributed by atoms with Crippen LogP contribution in [-0.2, 0) is 11.2 Å². The Kier molecular flexibility index (Phi) is 11.8. The zero-order valence-corrected chi connectivity index (χ0v) is 22.8. The van der Waals surface area contributed by atoms with Gasteiger partial charge in [-0.25, -0.2) is 0 Å². The highest BCUT2D eigenvalue weighted by Crippen LogP contribution is 2.52. The van der Waals surface area contributed by atoms with Gasteiger partial charge >= 0.3 is 0 Å². The summed E-state index contributed by atoms with van der Waals surface area (Å²) in [5, 5.41) is 21.1. The molecule has 1 saturated carbocycles. The van der Waals surface area contributed by atoms with Crippen molar-refractivity contribution in [2.45, 2.75) is 122 Å². The van der Waals surface area contributed by atoms with Crippen molar-refractivity contribution in [3.63, 3.8) is 0 Å². The Hall–Kier alpha value is -1.85. The minimum Gasteiger partial charge on any atom is -0.489 e. The molecule has 2 aliphatic rings. The fraction of sp³-hybridized carbons (Fsp3) is 0.710. The third kappa shape index (κ3) is 7.58. The average Bonchev–Trinajstić information content (AvgIpc) is 3.38. The van der Waals surface area contributed by atoms with E-state index in [4.69, 9.17) is 4.74 Å². The molecule has 5 atom stereocenters. The van der Waals surface area contributed by atoms with Crippen molar-refractivity contribution in [3.8, 4) is 5.75 Å². The van der Waals surface area contributed by atoms with E-state index in [2.05, 4.69) is 43.9 Å². The molecule has 1 aromatic rings. The molecule has 0 spiro atoms. The Morgan fingerprint density at radius 1 is 1.08 bits per heavy atom. The SMILES string of the molecule is CCCCC[C@H](O)C=C[C@@H]1[C@H]2c3cccc(CCCC(=O)N(CCCC)CCCC)c3O[C@H]2C[C@H]1O. The number of benzene rings is 1. The van der Waals surface area contributed by atoms with Gasteiger partial charge in [0.1, 0.15) is 11.9 Å². The molecule has 2 N–H and O–H groups in total. The monoisotopic (exact) mass is 499 g/mol. The fourth-order valence-corrected chi connectivity index (χ4v) is 5.77. The number of hydrogen-bond acceptors (Lipinski definition) is 4. The third-order valence-corrected chi connectivity index (χ3v) is 7.90. The van der Waals surface area contributed by atoms with Crippen LogP contribution in [0.2, 0.25) is 0 Å². The Bertz CT molecular complexity index is 830. The predicted molar refractivity (Wildman–Crippen MR) is 146 cm³/mol. The topological polar surface area (TPSA) is 70.0 Å². The highest BCUT2D eigenvalue weighted by Gasteiger charge is 2.48. The number of aliphatic hydroxyl groups excluding tert-OH is 2. The normalized spacial score (nSPS) is 23.5. The molecule has 1 fully saturated rings. The van der Waals surface area contributed by atoms with Crippen LogP contribution in [-0.4, -0.2) is 52.4 Å². The van der Waals surface area contributed by atoms with Gasteiger partial charge in [0, 0.05) is 43.3 Å². The van der Waals surface area contributed by atoms with Gasteiger partial charge in [-0.2, -0.15) is 0 Å². The first-order chi connectivity index (χ1) is 17.5. The molecule has 1 aliphatic heterocycles. The number of para-hydroxylation sites is 1. The van der Waals surface area contributed by atoms with Crippen LogP contribution in [0.1, 0.15) is 108 Å². The van der Waals surface area contributed by atoms with E-state index >= 15 is 0 Å². The molecule has 0 saturated heterocycles. The van der Waals surface area contributed by atoms with E-state index in [-0.39, 0.29) is 23.8 Å². The van der Waals surface area contributed by atoms with Gasteiger partial charge in [-0.15, -0.1) is 0 Å². The van der Waals surface area contributed by atoms with Crippen LogP contribution in [0.15, 0.2) is 30.4 Å². The largest absolute Gasteiger partial charge is 0.489 e. The number of rotatable bonds is 16. The molecule has 5 nitrogen and oxygen atoms in total. The number of ether oxygens (including phenoxy) is 1. The summed E-state index contributed by atoms with van der Waals surface area (Å²) >= 11 is 0. The Morgan fingerprint density at radius 3 is 2.50 bits per heavy atom. The summed E-state index contributed by atoms with van der Waals surface area (Å²) in [6.45, 7) is 8.24. The molecule has 5 heteroatoms. The van der Waals surface area contributed by atoms with E-state index in [0.29, 0.717) is 12.8 Å². The molecule has 1 aromatic carbocycles. The number of aryl methyl sites for hydroxylation is 1. The molecule has 0 unspecified atom stereocenters. The predicted octanol–water partition coefficient (Wildman–Crippen LogP) is 6.16. The highest BCUT2D eigenvalue weighted by molar-refractivity contribution is 5.76. The molecule has 3 rings (SSSR count). The van der Waals surface area contributed by atoms with Crippen LogP contribution >= 0.6 is 0 Å². The van der Waals surface area contributed by atoms with E-state index in [1.165, 1.54) is 11.1 Å². The summed E-state index contributed by atoms with van der Waals surface area (Å²) < 4.78 is 6.41. The maximum atomic E-state index is 12.9. The zero-order valence-electron chi connectivity index (χ0n) is 22.8. The Morgan fingerprint density at radius 2 is 1.81 bits per heavy atom. The second-order valence-corrected chi connectivity index (χ2v) is 10.8. The lowest BCUT2D eigenvalue weighted by Gasteiger charge is -2.22. The summed E-state index contributed by atoms with van der Waals surface area (Å²) in [6.07, 6.45) is 14.2. The summed E-state index contributed by atoms with van der Waals surface area (Å²) in [4.78, 5) is 14.9. The molecule has 0 radical (unpaired) electrons. The van der Waals surface area contributed by atoms with Gasteiger partial charge in [0.2, 0.25) is 5.91 Å². The van der Waals surface area contributed by atoms with Crippen molar-refractivity contribution >= 4 is 5.91 Å². The minimum absolute atomic E-state index is 0.0248. The van der Waals surface area contributed by atoms with Gasteiger partial charge in [0.25, 0.3) is 0 Å². The van der Waals surface area contributed by atoms with Gasteiger partial charge in [0.05, 0.1) is 12.2 Å². The smallest absolute Gasteiger partial charge is 0.222 e. The van der Waals surface area contributed by atoms with Gasteiger partial charge in [-0.1, -0.05) is 83.2 Å². The van der Waals surface area contributed by atoms with Gasteiger partial charge in [0.15, 0.2) is 0 Å². The minimum atomic E-state index is -0.456. The number of hydrogen-bond donors (Lipinski definition) is 2. The molecule has 1 heterocycles. The molecular formula is C31H49NO4. The van der Waals surface area contributed by atoms with Crippen LogP contribution < -0.4 is 4.74 Å². The maximum Gasteiger partial charge on any atom is 0.222 e.